The molecule has 2 N–H and O–H groups in total. The Labute approximate surface area is 232 Å². The van der Waals surface area contributed by atoms with E-state index in [9.17, 15) is 4.79 Å². The lowest BCUT2D eigenvalue weighted by Crippen LogP contribution is -2.54. The summed E-state index contributed by atoms with van der Waals surface area (Å²) in [6, 6.07) is 9.30. The second-order valence-electron chi connectivity index (χ2n) is 11.1. The fourth-order valence-corrected chi connectivity index (χ4v) is 5.97. The van der Waals surface area contributed by atoms with E-state index in [4.69, 9.17) is 14.2 Å². The maximum Gasteiger partial charge on any atom is 0.272 e. The molecule has 9 nitrogen and oxygen atoms in total. The van der Waals surface area contributed by atoms with Crippen molar-refractivity contribution in [2.75, 3.05) is 45.3 Å². The number of rotatable bonds is 8. The molecule has 212 valence electrons. The molecule has 5 rings (SSSR count). The van der Waals surface area contributed by atoms with Gasteiger partial charge in [-0.1, -0.05) is 29.8 Å². The average molecular weight is 538 g/mol. The van der Waals surface area contributed by atoms with Gasteiger partial charge in [-0.2, -0.15) is 0 Å². The summed E-state index contributed by atoms with van der Waals surface area (Å²) in [4.78, 5) is 24.2. The third kappa shape index (κ3) is 6.95. The number of nitrogens with one attached hydrogen (secondary N) is 2. The normalized spacial score (nSPS) is 26.4. The molecule has 39 heavy (non-hydrogen) atoms. The van der Waals surface area contributed by atoms with Crippen LogP contribution in [0.3, 0.4) is 0 Å². The lowest BCUT2D eigenvalue weighted by atomic mass is 9.97. The number of hydrogen-bond donors (Lipinski definition) is 2. The summed E-state index contributed by atoms with van der Waals surface area (Å²) in [5.74, 6) is 0.682. The lowest BCUT2D eigenvalue weighted by molar-refractivity contribution is -0.0533. The van der Waals surface area contributed by atoms with Gasteiger partial charge in [0.1, 0.15) is 17.8 Å². The van der Waals surface area contributed by atoms with E-state index in [0.717, 1.165) is 50.7 Å². The van der Waals surface area contributed by atoms with E-state index in [1.165, 1.54) is 17.5 Å². The molecule has 1 aromatic heterocycles. The Morgan fingerprint density at radius 2 is 1.87 bits per heavy atom. The summed E-state index contributed by atoms with van der Waals surface area (Å²) in [7, 11) is 1.74. The van der Waals surface area contributed by atoms with Crippen LogP contribution >= 0.6 is 0 Å². The number of hydrogen-bond acceptors (Lipinski definition) is 8. The van der Waals surface area contributed by atoms with E-state index in [1.807, 2.05) is 11.8 Å². The van der Waals surface area contributed by atoms with Gasteiger partial charge in [0, 0.05) is 51.0 Å². The number of aryl methyl sites for hydroxylation is 1. The molecule has 3 fully saturated rings. The Morgan fingerprint density at radius 1 is 1.08 bits per heavy atom. The number of benzene rings is 1. The fraction of sp³-hybridized carbons (Fsp3) is 0.633. The molecule has 0 aliphatic carbocycles. The van der Waals surface area contributed by atoms with Crippen LogP contribution in [0, 0.1) is 13.8 Å². The van der Waals surface area contributed by atoms with E-state index in [1.54, 1.807) is 7.11 Å². The Kier molecular flexibility index (Phi) is 9.45. The second kappa shape index (κ2) is 13.2. The Morgan fingerprint density at radius 3 is 2.64 bits per heavy atom. The molecule has 0 bridgehead atoms. The fourth-order valence-electron chi connectivity index (χ4n) is 5.97. The number of anilines is 1. The summed E-state index contributed by atoms with van der Waals surface area (Å²) in [5, 5.41) is 7.20. The highest BCUT2D eigenvalue weighted by Gasteiger charge is 2.31. The number of aromatic nitrogens is 2. The van der Waals surface area contributed by atoms with Crippen molar-refractivity contribution in [1.29, 1.82) is 0 Å². The summed E-state index contributed by atoms with van der Waals surface area (Å²) < 4.78 is 17.6. The monoisotopic (exact) mass is 537 g/mol. The quantitative estimate of drug-likeness (QED) is 0.525. The van der Waals surface area contributed by atoms with Gasteiger partial charge in [-0.05, 0) is 57.9 Å². The summed E-state index contributed by atoms with van der Waals surface area (Å²) in [5.41, 5.74) is 3.76. The number of amides is 1. The number of ether oxygens (including phenoxy) is 3. The minimum Gasteiger partial charge on any atom is -0.379 e. The van der Waals surface area contributed by atoms with Crippen LogP contribution in [0.5, 0.6) is 0 Å². The van der Waals surface area contributed by atoms with Crippen molar-refractivity contribution >= 4 is 11.7 Å². The standard InChI is InChI=1S/C30H43N5O4/c1-20-7-9-22(10-8-20)26-6-4-5-24(39-26)17-31-29-21(2)28(32-19-33-29)30(36)35-14-11-23(12-15-35)34-25-13-16-38-18-27(25)37-3/h7-10,19,23-27,34H,4-6,11-18H2,1-3H3,(H,31,32,33)/t24-,25+,26+,27-/m1/s1. The first-order valence-electron chi connectivity index (χ1n) is 14.4. The van der Waals surface area contributed by atoms with Crippen molar-refractivity contribution in [3.05, 3.63) is 53.0 Å². The van der Waals surface area contributed by atoms with Gasteiger partial charge in [-0.3, -0.25) is 4.79 Å². The van der Waals surface area contributed by atoms with Crippen LogP contribution < -0.4 is 10.6 Å². The Balaban J connectivity index is 1.13. The van der Waals surface area contributed by atoms with Crippen LogP contribution in [-0.2, 0) is 14.2 Å². The zero-order valence-corrected chi connectivity index (χ0v) is 23.5. The third-order valence-electron chi connectivity index (χ3n) is 8.42. The lowest BCUT2D eigenvalue weighted by Gasteiger charge is -2.38. The molecule has 2 aromatic rings. The molecule has 1 amide bonds. The molecular weight excluding hydrogens is 494 g/mol. The predicted octanol–water partition coefficient (Wildman–Crippen LogP) is 3.81. The number of carbonyl (C=O) groups is 1. The third-order valence-corrected chi connectivity index (χ3v) is 8.42. The molecule has 3 aliphatic heterocycles. The molecule has 4 atom stereocenters. The first-order valence-corrected chi connectivity index (χ1v) is 14.4. The van der Waals surface area contributed by atoms with Crippen LogP contribution in [0.25, 0.3) is 0 Å². The SMILES string of the molecule is CO[C@@H]1COCC[C@@H]1NC1CCN(C(=O)c2ncnc(NC[C@H]3CCC[C@@H](c4ccc(C)cc4)O3)c2C)CC1. The van der Waals surface area contributed by atoms with Crippen LogP contribution in [0.15, 0.2) is 30.6 Å². The highest BCUT2D eigenvalue weighted by Crippen LogP contribution is 2.31. The van der Waals surface area contributed by atoms with Crippen LogP contribution in [0.4, 0.5) is 5.82 Å². The van der Waals surface area contributed by atoms with Crippen molar-refractivity contribution in [2.24, 2.45) is 0 Å². The Hall–Kier alpha value is -2.59. The Bertz CT molecular complexity index is 1090. The van der Waals surface area contributed by atoms with E-state index < -0.39 is 0 Å². The van der Waals surface area contributed by atoms with Crippen molar-refractivity contribution in [1.82, 2.24) is 20.2 Å². The van der Waals surface area contributed by atoms with Crippen molar-refractivity contribution < 1.29 is 19.0 Å². The molecule has 9 heteroatoms. The largest absolute Gasteiger partial charge is 0.379 e. The zero-order chi connectivity index (χ0) is 27.2. The molecule has 3 saturated heterocycles. The van der Waals surface area contributed by atoms with Gasteiger partial charge >= 0.3 is 0 Å². The van der Waals surface area contributed by atoms with Gasteiger partial charge in [-0.15, -0.1) is 0 Å². The van der Waals surface area contributed by atoms with Gasteiger partial charge in [0.25, 0.3) is 5.91 Å². The second-order valence-corrected chi connectivity index (χ2v) is 11.1. The molecule has 0 spiro atoms. The molecule has 0 unspecified atom stereocenters. The number of likely N-dealkylation sites (tertiary alicyclic amines) is 1. The van der Waals surface area contributed by atoms with E-state index >= 15 is 0 Å². The first-order chi connectivity index (χ1) is 19.0. The van der Waals surface area contributed by atoms with E-state index in [2.05, 4.69) is 51.8 Å². The smallest absolute Gasteiger partial charge is 0.272 e. The summed E-state index contributed by atoms with van der Waals surface area (Å²) >= 11 is 0. The zero-order valence-electron chi connectivity index (χ0n) is 23.5. The van der Waals surface area contributed by atoms with Crippen molar-refractivity contribution in [3.8, 4) is 0 Å². The first kappa shape index (κ1) is 28.0. The molecule has 4 heterocycles. The number of methoxy groups -OCH3 is 1. The number of nitrogens with zero attached hydrogens (tertiary/aromatic N) is 3. The molecular formula is C30H43N5O4. The topological polar surface area (TPSA) is 97.8 Å². The molecule has 1 aromatic carbocycles. The maximum atomic E-state index is 13.4. The minimum absolute atomic E-state index is 0.0226. The van der Waals surface area contributed by atoms with Gasteiger partial charge in [0.2, 0.25) is 0 Å². The maximum absolute atomic E-state index is 13.4. The number of carbonyl (C=O) groups excluding carboxylic acids is 1. The summed E-state index contributed by atoms with van der Waals surface area (Å²) in [6.07, 6.45) is 7.75. The van der Waals surface area contributed by atoms with E-state index in [0.29, 0.717) is 49.8 Å². The van der Waals surface area contributed by atoms with Gasteiger partial charge in [-0.25, -0.2) is 9.97 Å². The van der Waals surface area contributed by atoms with Crippen molar-refractivity contribution in [2.45, 2.75) is 82.8 Å². The molecule has 0 saturated carbocycles. The van der Waals surface area contributed by atoms with Gasteiger partial charge < -0.3 is 29.7 Å². The molecule has 3 aliphatic rings. The van der Waals surface area contributed by atoms with Crippen molar-refractivity contribution in [3.63, 3.8) is 0 Å². The van der Waals surface area contributed by atoms with Crippen LogP contribution in [0.2, 0.25) is 0 Å². The molecule has 0 radical (unpaired) electrons. The van der Waals surface area contributed by atoms with Crippen LogP contribution in [-0.4, -0.2) is 85.0 Å². The highest BCUT2D eigenvalue weighted by molar-refractivity contribution is 5.94. The van der Waals surface area contributed by atoms with Crippen LogP contribution in [0.1, 0.15) is 71.8 Å². The highest BCUT2D eigenvalue weighted by atomic mass is 16.5. The van der Waals surface area contributed by atoms with Gasteiger partial charge in [0.15, 0.2) is 0 Å². The minimum atomic E-state index is -0.0226. The predicted molar refractivity (Wildman–Crippen MR) is 150 cm³/mol. The average Bonchev–Trinajstić information content (AvgIpc) is 2.97. The summed E-state index contributed by atoms with van der Waals surface area (Å²) in [6.45, 7) is 7.50. The number of piperidine rings is 1. The van der Waals surface area contributed by atoms with Gasteiger partial charge in [0.05, 0.1) is 24.9 Å². The van der Waals surface area contributed by atoms with E-state index in [-0.39, 0.29) is 24.2 Å².